The molecule has 0 spiro atoms. The summed E-state index contributed by atoms with van der Waals surface area (Å²) in [6.45, 7) is 7.88. The lowest BCUT2D eigenvalue weighted by Gasteiger charge is -2.28. The molecule has 1 saturated heterocycles. The fraction of sp³-hybridized carbons (Fsp3) is 0.450. The predicted octanol–water partition coefficient (Wildman–Crippen LogP) is 1.35. The van der Waals surface area contributed by atoms with Crippen LogP contribution in [-0.2, 0) is 14.1 Å². The molecule has 0 bridgehead atoms. The Morgan fingerprint density at radius 1 is 1.10 bits per heavy atom. The predicted molar refractivity (Wildman–Crippen MR) is 111 cm³/mol. The second-order valence-electron chi connectivity index (χ2n) is 6.58. The van der Waals surface area contributed by atoms with Gasteiger partial charge in [0.05, 0.1) is 5.69 Å². The van der Waals surface area contributed by atoms with Crippen LogP contribution in [0.25, 0.3) is 0 Å². The minimum atomic E-state index is -0.711. The summed E-state index contributed by atoms with van der Waals surface area (Å²) in [6, 6.07) is 4.54. The highest BCUT2D eigenvalue weighted by Crippen LogP contribution is 2.22. The number of aromatic nitrogens is 2. The van der Waals surface area contributed by atoms with Gasteiger partial charge in [-0.1, -0.05) is 19.9 Å². The van der Waals surface area contributed by atoms with Crippen molar-refractivity contribution in [1.82, 2.24) is 19.4 Å². The third-order valence-electron chi connectivity index (χ3n) is 4.66. The number of carbonyl (C=O) groups is 1. The van der Waals surface area contributed by atoms with Crippen molar-refractivity contribution < 1.29 is 9.18 Å². The summed E-state index contributed by atoms with van der Waals surface area (Å²) in [6.07, 6.45) is 0. The van der Waals surface area contributed by atoms with Crippen molar-refractivity contribution >= 4 is 17.4 Å². The first-order chi connectivity index (χ1) is 13.8. The van der Waals surface area contributed by atoms with Gasteiger partial charge in [0.25, 0.3) is 11.5 Å². The summed E-state index contributed by atoms with van der Waals surface area (Å²) >= 11 is 0. The first-order valence-corrected chi connectivity index (χ1v) is 9.64. The van der Waals surface area contributed by atoms with Crippen LogP contribution in [0.15, 0.2) is 27.8 Å². The van der Waals surface area contributed by atoms with E-state index in [4.69, 9.17) is 0 Å². The van der Waals surface area contributed by atoms with Crippen LogP contribution in [0.5, 0.6) is 0 Å². The highest BCUT2D eigenvalue weighted by molar-refractivity contribution is 5.99. The lowest BCUT2D eigenvalue weighted by atomic mass is 10.2. The Hall–Kier alpha value is -2.94. The number of piperazine rings is 1. The van der Waals surface area contributed by atoms with E-state index >= 15 is 0 Å². The number of nitrogens with zero attached hydrogens (tertiary/aromatic N) is 3. The minimum absolute atomic E-state index is 0.0191. The molecule has 9 heteroatoms. The maximum Gasteiger partial charge on any atom is 0.332 e. The van der Waals surface area contributed by atoms with Gasteiger partial charge in [-0.05, 0) is 24.6 Å². The maximum atomic E-state index is 14.3. The Morgan fingerprint density at radius 2 is 1.72 bits per heavy atom. The van der Waals surface area contributed by atoms with Crippen molar-refractivity contribution in [1.29, 1.82) is 0 Å². The molecule has 0 radical (unpaired) electrons. The fourth-order valence-corrected chi connectivity index (χ4v) is 3.06. The number of anilines is 2. The van der Waals surface area contributed by atoms with Crippen molar-refractivity contribution in [3.63, 3.8) is 0 Å². The Bertz CT molecular complexity index is 1010. The average molecular weight is 405 g/mol. The number of rotatable bonds is 3. The standard InChI is InChI=1S/C18H22FN5O3.C2H6/c1-11-4-5-13(12(19)10-11)21-15-14(16(25)23(3)18(27)22(15)2)17(26)24-8-6-20-7-9-24;1-2/h4-5,10,20-21H,6-9H2,1-3H3;1-2H3. The summed E-state index contributed by atoms with van der Waals surface area (Å²) < 4.78 is 16.3. The van der Waals surface area contributed by atoms with Gasteiger partial charge in [-0.3, -0.25) is 18.7 Å². The molecule has 0 unspecified atom stereocenters. The molecule has 0 saturated carbocycles. The SMILES string of the molecule is CC.Cc1ccc(Nc2c(C(=O)N3CCNCC3)c(=O)n(C)c(=O)n2C)c(F)c1. The van der Waals surface area contributed by atoms with Crippen molar-refractivity contribution in [3.05, 3.63) is 56.0 Å². The highest BCUT2D eigenvalue weighted by Gasteiger charge is 2.27. The van der Waals surface area contributed by atoms with Gasteiger partial charge < -0.3 is 15.5 Å². The van der Waals surface area contributed by atoms with Gasteiger partial charge in [0.1, 0.15) is 17.2 Å². The molecule has 158 valence electrons. The van der Waals surface area contributed by atoms with Crippen LogP contribution in [0.3, 0.4) is 0 Å². The molecule has 2 N–H and O–H groups in total. The zero-order chi connectivity index (χ0) is 21.7. The Kier molecular flexibility index (Phi) is 7.33. The molecule has 1 amide bonds. The van der Waals surface area contributed by atoms with Gasteiger partial charge in [0.15, 0.2) is 0 Å². The molecular formula is C20H28FN5O3. The molecule has 1 aromatic heterocycles. The molecule has 3 rings (SSSR count). The Labute approximate surface area is 169 Å². The Balaban J connectivity index is 0.00000145. The van der Waals surface area contributed by atoms with E-state index in [1.54, 1.807) is 17.9 Å². The first kappa shape index (κ1) is 22.4. The normalized spacial score (nSPS) is 13.5. The molecule has 29 heavy (non-hydrogen) atoms. The second-order valence-corrected chi connectivity index (χ2v) is 6.58. The van der Waals surface area contributed by atoms with Crippen molar-refractivity contribution in [2.24, 2.45) is 14.1 Å². The number of hydrogen-bond acceptors (Lipinski definition) is 5. The van der Waals surface area contributed by atoms with Crippen molar-refractivity contribution in [2.45, 2.75) is 20.8 Å². The number of carbonyl (C=O) groups excluding carboxylic acids is 1. The summed E-state index contributed by atoms with van der Waals surface area (Å²) in [5.74, 6) is -1.04. The van der Waals surface area contributed by atoms with Crippen molar-refractivity contribution in [3.8, 4) is 0 Å². The number of halogens is 1. The zero-order valence-corrected chi connectivity index (χ0v) is 17.5. The van der Waals surface area contributed by atoms with E-state index in [0.29, 0.717) is 26.2 Å². The first-order valence-electron chi connectivity index (χ1n) is 9.64. The largest absolute Gasteiger partial charge is 0.338 e. The maximum absolute atomic E-state index is 14.3. The molecule has 0 atom stereocenters. The lowest BCUT2D eigenvalue weighted by molar-refractivity contribution is 0.0733. The van der Waals surface area contributed by atoms with Crippen LogP contribution in [0, 0.1) is 12.7 Å². The van der Waals surface area contributed by atoms with Crippen LogP contribution in [0.2, 0.25) is 0 Å². The third kappa shape index (κ3) is 4.56. The van der Waals surface area contributed by atoms with Crippen LogP contribution >= 0.6 is 0 Å². The number of nitrogens with one attached hydrogen (secondary N) is 2. The van der Waals surface area contributed by atoms with Gasteiger partial charge in [-0.2, -0.15) is 0 Å². The molecular weight excluding hydrogens is 377 g/mol. The van der Waals surface area contributed by atoms with Gasteiger partial charge in [0.2, 0.25) is 0 Å². The van der Waals surface area contributed by atoms with Crippen LogP contribution in [0.4, 0.5) is 15.9 Å². The van der Waals surface area contributed by atoms with E-state index in [1.807, 2.05) is 13.8 Å². The van der Waals surface area contributed by atoms with Gasteiger partial charge in [-0.15, -0.1) is 0 Å². The smallest absolute Gasteiger partial charge is 0.332 e. The van der Waals surface area contributed by atoms with Crippen molar-refractivity contribution in [2.75, 3.05) is 31.5 Å². The van der Waals surface area contributed by atoms with E-state index in [0.717, 1.165) is 14.7 Å². The molecule has 8 nitrogen and oxygen atoms in total. The topological polar surface area (TPSA) is 88.4 Å². The lowest BCUT2D eigenvalue weighted by Crippen LogP contribution is -2.50. The molecule has 2 aromatic rings. The zero-order valence-electron chi connectivity index (χ0n) is 17.5. The molecule has 1 aliphatic rings. The van der Waals surface area contributed by atoms with Crippen LogP contribution < -0.4 is 21.9 Å². The fourth-order valence-electron chi connectivity index (χ4n) is 3.06. The molecule has 1 aliphatic heterocycles. The van der Waals surface area contributed by atoms with Gasteiger partial charge in [-0.25, -0.2) is 9.18 Å². The third-order valence-corrected chi connectivity index (χ3v) is 4.66. The average Bonchev–Trinajstić information content (AvgIpc) is 2.74. The number of amides is 1. The van der Waals surface area contributed by atoms with Gasteiger partial charge >= 0.3 is 5.69 Å². The van der Waals surface area contributed by atoms with Gasteiger partial charge in [0, 0.05) is 40.3 Å². The highest BCUT2D eigenvalue weighted by atomic mass is 19.1. The van der Waals surface area contributed by atoms with Crippen LogP contribution in [0.1, 0.15) is 29.8 Å². The summed E-state index contributed by atoms with van der Waals surface area (Å²) in [4.78, 5) is 39.6. The summed E-state index contributed by atoms with van der Waals surface area (Å²) in [5.41, 5.74) is -0.684. The quantitative estimate of drug-likeness (QED) is 0.805. The molecule has 1 fully saturated rings. The molecule has 1 aromatic carbocycles. The molecule has 0 aliphatic carbocycles. The van der Waals surface area contributed by atoms with E-state index in [9.17, 15) is 18.8 Å². The number of benzene rings is 1. The van der Waals surface area contributed by atoms with E-state index in [1.165, 1.54) is 26.2 Å². The van der Waals surface area contributed by atoms with E-state index < -0.39 is 23.0 Å². The minimum Gasteiger partial charge on any atom is -0.338 e. The monoisotopic (exact) mass is 405 g/mol. The number of hydrogen-bond donors (Lipinski definition) is 2. The Morgan fingerprint density at radius 3 is 2.31 bits per heavy atom. The summed E-state index contributed by atoms with van der Waals surface area (Å²) in [5, 5.41) is 5.91. The van der Waals surface area contributed by atoms with Crippen LogP contribution in [-0.4, -0.2) is 46.1 Å². The molecule has 2 heterocycles. The van der Waals surface area contributed by atoms with E-state index in [-0.39, 0.29) is 17.1 Å². The second kappa shape index (κ2) is 9.51. The summed E-state index contributed by atoms with van der Waals surface area (Å²) in [7, 11) is 2.75. The number of aryl methyl sites for hydroxylation is 1. The van der Waals surface area contributed by atoms with E-state index in [2.05, 4.69) is 10.6 Å².